The van der Waals surface area contributed by atoms with Gasteiger partial charge in [0.25, 0.3) is 5.91 Å². The van der Waals surface area contributed by atoms with Gasteiger partial charge >= 0.3 is 0 Å². The zero-order chi connectivity index (χ0) is 17.2. The zero-order valence-electron chi connectivity index (χ0n) is 14.1. The summed E-state index contributed by atoms with van der Waals surface area (Å²) < 4.78 is 20.4. The Labute approximate surface area is 146 Å². The lowest BCUT2D eigenvalue weighted by Crippen LogP contribution is -2.30. The lowest BCUT2D eigenvalue weighted by Gasteiger charge is -2.14. The summed E-state index contributed by atoms with van der Waals surface area (Å²) in [7, 11) is 0. The topological polar surface area (TPSA) is 56.1 Å². The fraction of sp³-hybridized carbons (Fsp3) is 0.474. The maximum absolute atomic E-state index is 13.2. The van der Waals surface area contributed by atoms with Crippen LogP contribution in [0, 0.1) is 11.7 Å². The first-order chi connectivity index (χ1) is 12.2. The molecular formula is C19H22FN3O2. The maximum Gasteiger partial charge on any atom is 0.272 e. The molecule has 4 rings (SSSR count). The van der Waals surface area contributed by atoms with Crippen molar-refractivity contribution in [2.45, 2.75) is 32.1 Å². The Kier molecular flexibility index (Phi) is 4.53. The number of carbonyl (C=O) groups excluding carboxylic acids is 1. The van der Waals surface area contributed by atoms with Gasteiger partial charge in [-0.05, 0) is 56.4 Å². The van der Waals surface area contributed by atoms with E-state index in [1.54, 1.807) is 12.1 Å². The largest absolute Gasteiger partial charge is 0.381 e. The fourth-order valence-electron chi connectivity index (χ4n) is 3.64. The third-order valence-corrected chi connectivity index (χ3v) is 5.04. The molecule has 0 radical (unpaired) electrons. The smallest absolute Gasteiger partial charge is 0.272 e. The highest BCUT2D eigenvalue weighted by Gasteiger charge is 2.26. The second-order valence-corrected chi connectivity index (χ2v) is 6.81. The number of nitrogens with zero attached hydrogens (tertiary/aromatic N) is 2. The van der Waals surface area contributed by atoms with E-state index in [0.29, 0.717) is 24.8 Å². The third kappa shape index (κ3) is 3.31. The van der Waals surface area contributed by atoms with Crippen molar-refractivity contribution in [1.82, 2.24) is 15.1 Å². The van der Waals surface area contributed by atoms with Crippen molar-refractivity contribution in [2.24, 2.45) is 5.92 Å². The number of fused-ring (bicyclic) bond motifs is 1. The van der Waals surface area contributed by atoms with E-state index < -0.39 is 0 Å². The molecule has 1 N–H and O–H groups in total. The number of hydrogen-bond donors (Lipinski definition) is 1. The molecule has 1 saturated heterocycles. The van der Waals surface area contributed by atoms with Crippen LogP contribution in [-0.4, -0.2) is 35.4 Å². The van der Waals surface area contributed by atoms with Crippen LogP contribution in [0.15, 0.2) is 24.3 Å². The van der Waals surface area contributed by atoms with Crippen molar-refractivity contribution in [3.8, 4) is 5.69 Å². The van der Waals surface area contributed by atoms with Crippen molar-refractivity contribution in [2.75, 3.05) is 19.8 Å². The molecule has 2 aliphatic rings. The Morgan fingerprint density at radius 3 is 2.84 bits per heavy atom. The Hall–Kier alpha value is -2.21. The second kappa shape index (κ2) is 6.96. The lowest BCUT2D eigenvalue weighted by molar-refractivity contribution is 0.0938. The summed E-state index contributed by atoms with van der Waals surface area (Å²) in [4.78, 5) is 12.7. The highest BCUT2D eigenvalue weighted by atomic mass is 19.1. The highest BCUT2D eigenvalue weighted by molar-refractivity contribution is 5.94. The quantitative estimate of drug-likeness (QED) is 0.929. The van der Waals surface area contributed by atoms with Gasteiger partial charge in [-0.25, -0.2) is 9.07 Å². The van der Waals surface area contributed by atoms with Gasteiger partial charge < -0.3 is 10.1 Å². The summed E-state index contributed by atoms with van der Waals surface area (Å²) in [5, 5.41) is 7.60. The van der Waals surface area contributed by atoms with Gasteiger partial charge in [0.1, 0.15) is 5.82 Å². The van der Waals surface area contributed by atoms with Crippen LogP contribution in [0.2, 0.25) is 0 Å². The van der Waals surface area contributed by atoms with Gasteiger partial charge in [0, 0.05) is 30.3 Å². The average Bonchev–Trinajstić information content (AvgIpc) is 3.28. The monoisotopic (exact) mass is 343 g/mol. The van der Waals surface area contributed by atoms with Crippen LogP contribution in [0.25, 0.3) is 5.69 Å². The predicted molar refractivity (Wildman–Crippen MR) is 91.4 cm³/mol. The first-order valence-electron chi connectivity index (χ1n) is 8.95. The minimum atomic E-state index is -0.276. The third-order valence-electron chi connectivity index (χ3n) is 5.04. The van der Waals surface area contributed by atoms with Crippen LogP contribution < -0.4 is 5.32 Å². The average molecular weight is 343 g/mol. The standard InChI is InChI=1S/C19H22FN3O2/c20-14-5-7-15(8-6-14)23-17-4-2-1-3-16(17)18(22-23)19(24)21-11-13-9-10-25-12-13/h5-8,13H,1-4,9-12H2,(H,21,24). The van der Waals surface area contributed by atoms with Crippen LogP contribution in [-0.2, 0) is 17.6 Å². The van der Waals surface area contributed by atoms with Crippen LogP contribution >= 0.6 is 0 Å². The van der Waals surface area contributed by atoms with Gasteiger partial charge in [-0.15, -0.1) is 0 Å². The zero-order valence-corrected chi connectivity index (χ0v) is 14.1. The molecule has 1 aromatic carbocycles. The number of hydrogen-bond acceptors (Lipinski definition) is 3. The molecule has 1 unspecified atom stereocenters. The summed E-state index contributed by atoms with van der Waals surface area (Å²) in [6, 6.07) is 6.25. The summed E-state index contributed by atoms with van der Waals surface area (Å²) >= 11 is 0. The molecule has 25 heavy (non-hydrogen) atoms. The summed E-state index contributed by atoms with van der Waals surface area (Å²) in [5.74, 6) is -0.00797. The molecule has 132 valence electrons. The highest BCUT2D eigenvalue weighted by Crippen LogP contribution is 2.27. The van der Waals surface area contributed by atoms with Gasteiger partial charge in [0.2, 0.25) is 0 Å². The van der Waals surface area contributed by atoms with Crippen LogP contribution in [0.1, 0.15) is 41.0 Å². The van der Waals surface area contributed by atoms with E-state index in [9.17, 15) is 9.18 Å². The van der Waals surface area contributed by atoms with Crippen molar-refractivity contribution < 1.29 is 13.9 Å². The van der Waals surface area contributed by atoms with Crippen molar-refractivity contribution >= 4 is 5.91 Å². The second-order valence-electron chi connectivity index (χ2n) is 6.81. The van der Waals surface area contributed by atoms with Crippen molar-refractivity contribution in [1.29, 1.82) is 0 Å². The predicted octanol–water partition coefficient (Wildman–Crippen LogP) is 2.66. The molecule has 1 amide bonds. The van der Waals surface area contributed by atoms with E-state index in [-0.39, 0.29) is 11.7 Å². The lowest BCUT2D eigenvalue weighted by atomic mass is 9.95. The molecule has 1 aliphatic heterocycles. The minimum absolute atomic E-state index is 0.120. The molecule has 0 spiro atoms. The maximum atomic E-state index is 13.2. The van der Waals surface area contributed by atoms with Crippen LogP contribution in [0.5, 0.6) is 0 Å². The summed E-state index contributed by atoms with van der Waals surface area (Å²) in [6.45, 7) is 2.11. The molecule has 0 saturated carbocycles. The summed E-state index contributed by atoms with van der Waals surface area (Å²) in [6.07, 6.45) is 4.90. The van der Waals surface area contributed by atoms with E-state index in [1.165, 1.54) is 12.1 Å². The van der Waals surface area contributed by atoms with Crippen LogP contribution in [0.3, 0.4) is 0 Å². The number of benzene rings is 1. The number of nitrogens with one attached hydrogen (secondary N) is 1. The number of halogens is 1. The molecule has 2 heterocycles. The van der Waals surface area contributed by atoms with Gasteiger partial charge in [0.15, 0.2) is 5.69 Å². The van der Waals surface area contributed by atoms with E-state index in [2.05, 4.69) is 10.4 Å². The Morgan fingerprint density at radius 2 is 2.08 bits per heavy atom. The Morgan fingerprint density at radius 1 is 1.28 bits per heavy atom. The number of aromatic nitrogens is 2. The first kappa shape index (κ1) is 16.3. The molecule has 0 bridgehead atoms. The van der Waals surface area contributed by atoms with E-state index in [1.807, 2.05) is 4.68 Å². The SMILES string of the molecule is O=C(NCC1CCOC1)c1nn(-c2ccc(F)cc2)c2c1CCCC2. The molecule has 6 heteroatoms. The molecule has 2 aromatic rings. The molecular weight excluding hydrogens is 321 g/mol. The number of amides is 1. The summed E-state index contributed by atoms with van der Waals surface area (Å²) in [5.41, 5.74) is 3.42. The first-order valence-corrected chi connectivity index (χ1v) is 8.95. The van der Waals surface area contributed by atoms with Gasteiger partial charge in [-0.3, -0.25) is 4.79 Å². The number of rotatable bonds is 4. The molecule has 5 nitrogen and oxygen atoms in total. The normalized spacial score (nSPS) is 19.6. The molecule has 1 aliphatic carbocycles. The van der Waals surface area contributed by atoms with Gasteiger partial charge in [0.05, 0.1) is 12.3 Å². The van der Waals surface area contributed by atoms with Gasteiger partial charge in [-0.1, -0.05) is 0 Å². The van der Waals surface area contributed by atoms with Crippen molar-refractivity contribution in [3.05, 3.63) is 47.0 Å². The fourth-order valence-corrected chi connectivity index (χ4v) is 3.64. The number of carbonyl (C=O) groups is 1. The van der Waals surface area contributed by atoms with E-state index >= 15 is 0 Å². The molecule has 1 atom stereocenters. The molecule has 1 aromatic heterocycles. The Balaban J connectivity index is 1.61. The van der Waals surface area contributed by atoms with E-state index in [0.717, 1.165) is 55.7 Å². The van der Waals surface area contributed by atoms with Gasteiger partial charge in [-0.2, -0.15) is 5.10 Å². The Bertz CT molecular complexity index is 764. The minimum Gasteiger partial charge on any atom is -0.381 e. The molecule has 1 fully saturated rings. The van der Waals surface area contributed by atoms with E-state index in [4.69, 9.17) is 4.74 Å². The number of ether oxygens (including phenoxy) is 1. The van der Waals surface area contributed by atoms with Crippen LogP contribution in [0.4, 0.5) is 4.39 Å². The van der Waals surface area contributed by atoms with Crippen molar-refractivity contribution in [3.63, 3.8) is 0 Å².